The van der Waals surface area contributed by atoms with Crippen LogP contribution in [-0.4, -0.2) is 19.9 Å². The fourth-order valence-electron chi connectivity index (χ4n) is 2.22. The van der Waals surface area contributed by atoms with Crippen LogP contribution < -0.4 is 20.5 Å². The third kappa shape index (κ3) is 2.70. The molecule has 1 aliphatic heterocycles. The first-order valence-corrected chi connectivity index (χ1v) is 6.57. The molecule has 1 aliphatic rings. The molecule has 0 saturated carbocycles. The van der Waals surface area contributed by atoms with Crippen molar-refractivity contribution in [2.45, 2.75) is 33.1 Å². The summed E-state index contributed by atoms with van der Waals surface area (Å²) < 4.78 is 11.0. The van der Waals surface area contributed by atoms with Gasteiger partial charge >= 0.3 is 0 Å². The van der Waals surface area contributed by atoms with Crippen molar-refractivity contribution in [2.24, 2.45) is 5.73 Å². The van der Waals surface area contributed by atoms with Gasteiger partial charge in [-0.3, -0.25) is 0 Å². The summed E-state index contributed by atoms with van der Waals surface area (Å²) in [6.45, 7) is 6.20. The first-order valence-electron chi connectivity index (χ1n) is 6.57. The average molecular weight is 250 g/mol. The molecule has 1 aromatic carbocycles. The lowest BCUT2D eigenvalue weighted by molar-refractivity contribution is 0.173. The van der Waals surface area contributed by atoms with E-state index in [2.05, 4.69) is 18.3 Å². The number of hydrogen-bond donors (Lipinski definition) is 2. The minimum atomic E-state index is 0.330. The Morgan fingerprint density at radius 2 is 1.94 bits per heavy atom. The lowest BCUT2D eigenvalue weighted by Crippen LogP contribution is -2.05. The molecule has 1 heterocycles. The van der Waals surface area contributed by atoms with Crippen LogP contribution in [0.5, 0.6) is 11.5 Å². The van der Waals surface area contributed by atoms with Crippen LogP contribution in [0.3, 0.4) is 0 Å². The van der Waals surface area contributed by atoms with E-state index < -0.39 is 0 Å². The topological polar surface area (TPSA) is 56.5 Å². The van der Waals surface area contributed by atoms with Gasteiger partial charge in [-0.15, -0.1) is 0 Å². The molecule has 1 aromatic rings. The fourth-order valence-corrected chi connectivity index (χ4v) is 2.22. The van der Waals surface area contributed by atoms with E-state index in [1.54, 1.807) is 0 Å². The highest BCUT2D eigenvalue weighted by Crippen LogP contribution is 2.41. The van der Waals surface area contributed by atoms with Gasteiger partial charge in [-0.1, -0.05) is 6.42 Å². The largest absolute Gasteiger partial charge is 0.453 e. The third-order valence-electron chi connectivity index (χ3n) is 3.27. The molecule has 3 N–H and O–H groups in total. The van der Waals surface area contributed by atoms with E-state index in [0.717, 1.165) is 54.2 Å². The molecular weight excluding hydrogens is 228 g/mol. The van der Waals surface area contributed by atoms with Gasteiger partial charge in [-0.2, -0.15) is 0 Å². The smallest absolute Gasteiger partial charge is 0.231 e. The average Bonchev–Trinajstić information content (AvgIpc) is 2.84. The standard InChI is InChI=1S/C14H22N2O2/c1-10-8-12(16-7-5-3-4-6-15)11(2)14-13(10)17-9-18-14/h8,16H,3-7,9,15H2,1-2H3. The maximum atomic E-state index is 5.52. The molecule has 0 aromatic heterocycles. The van der Waals surface area contributed by atoms with Crippen molar-refractivity contribution < 1.29 is 9.47 Å². The van der Waals surface area contributed by atoms with Crippen LogP contribution in [-0.2, 0) is 0 Å². The highest BCUT2D eigenvalue weighted by molar-refractivity contribution is 5.66. The van der Waals surface area contributed by atoms with Crippen LogP contribution in [0.4, 0.5) is 5.69 Å². The summed E-state index contributed by atoms with van der Waals surface area (Å²) in [7, 11) is 0. The predicted molar refractivity (Wildman–Crippen MR) is 73.4 cm³/mol. The number of nitrogens with two attached hydrogens (primary N) is 1. The van der Waals surface area contributed by atoms with Crippen molar-refractivity contribution >= 4 is 5.69 Å². The van der Waals surface area contributed by atoms with Gasteiger partial charge < -0.3 is 20.5 Å². The zero-order chi connectivity index (χ0) is 13.0. The quantitative estimate of drug-likeness (QED) is 0.762. The van der Waals surface area contributed by atoms with E-state index in [1.807, 2.05) is 6.92 Å². The molecule has 0 unspecified atom stereocenters. The number of hydrogen-bond acceptors (Lipinski definition) is 4. The second kappa shape index (κ2) is 5.96. The van der Waals surface area contributed by atoms with Gasteiger partial charge in [0.15, 0.2) is 11.5 Å². The number of fused-ring (bicyclic) bond motifs is 1. The molecule has 0 bridgehead atoms. The summed E-state index contributed by atoms with van der Waals surface area (Å²) in [5.74, 6) is 1.78. The number of benzene rings is 1. The van der Waals surface area contributed by atoms with Gasteiger partial charge in [0.2, 0.25) is 6.79 Å². The van der Waals surface area contributed by atoms with Crippen LogP contribution in [0.2, 0.25) is 0 Å². The van der Waals surface area contributed by atoms with E-state index in [-0.39, 0.29) is 0 Å². The second-order valence-corrected chi connectivity index (χ2v) is 4.71. The van der Waals surface area contributed by atoms with Crippen LogP contribution in [0.15, 0.2) is 6.07 Å². The van der Waals surface area contributed by atoms with Crippen molar-refractivity contribution in [1.82, 2.24) is 0 Å². The van der Waals surface area contributed by atoms with E-state index in [4.69, 9.17) is 15.2 Å². The van der Waals surface area contributed by atoms with Crippen molar-refractivity contribution in [3.63, 3.8) is 0 Å². The Kier molecular flexibility index (Phi) is 4.31. The molecule has 0 atom stereocenters. The maximum absolute atomic E-state index is 5.52. The Morgan fingerprint density at radius 1 is 1.17 bits per heavy atom. The van der Waals surface area contributed by atoms with Crippen molar-refractivity contribution in [3.8, 4) is 11.5 Å². The normalized spacial score (nSPS) is 12.8. The van der Waals surface area contributed by atoms with Crippen molar-refractivity contribution in [3.05, 3.63) is 17.2 Å². The Hall–Kier alpha value is -1.42. The second-order valence-electron chi connectivity index (χ2n) is 4.71. The monoisotopic (exact) mass is 250 g/mol. The number of aryl methyl sites for hydroxylation is 1. The first kappa shape index (κ1) is 13.0. The highest BCUT2D eigenvalue weighted by Gasteiger charge is 2.20. The van der Waals surface area contributed by atoms with E-state index in [1.165, 1.54) is 6.42 Å². The zero-order valence-electron chi connectivity index (χ0n) is 11.2. The van der Waals surface area contributed by atoms with Crippen molar-refractivity contribution in [1.29, 1.82) is 0 Å². The van der Waals surface area contributed by atoms with Crippen LogP contribution in [0, 0.1) is 13.8 Å². The van der Waals surface area contributed by atoms with E-state index >= 15 is 0 Å². The molecule has 100 valence electrons. The van der Waals surface area contributed by atoms with Crippen LogP contribution >= 0.6 is 0 Å². The van der Waals surface area contributed by atoms with E-state index in [0.29, 0.717) is 6.79 Å². The van der Waals surface area contributed by atoms with Gasteiger partial charge in [0.05, 0.1) is 0 Å². The van der Waals surface area contributed by atoms with Gasteiger partial charge in [-0.05, 0) is 44.9 Å². The molecule has 0 saturated heterocycles. The fraction of sp³-hybridized carbons (Fsp3) is 0.571. The summed E-state index contributed by atoms with van der Waals surface area (Å²) in [6.07, 6.45) is 3.41. The van der Waals surface area contributed by atoms with Gasteiger partial charge in [-0.25, -0.2) is 0 Å². The summed E-state index contributed by atoms with van der Waals surface area (Å²) in [5, 5.41) is 3.47. The summed E-state index contributed by atoms with van der Waals surface area (Å²) in [5.41, 5.74) is 8.87. The van der Waals surface area contributed by atoms with Crippen LogP contribution in [0.1, 0.15) is 30.4 Å². The molecule has 4 nitrogen and oxygen atoms in total. The molecule has 0 spiro atoms. The van der Waals surface area contributed by atoms with Gasteiger partial charge in [0, 0.05) is 17.8 Å². The first-order chi connectivity index (χ1) is 8.74. The maximum Gasteiger partial charge on any atom is 0.231 e. The molecule has 0 amide bonds. The Balaban J connectivity index is 1.99. The minimum absolute atomic E-state index is 0.330. The summed E-state index contributed by atoms with van der Waals surface area (Å²) in [6, 6.07) is 2.13. The highest BCUT2D eigenvalue weighted by atomic mass is 16.7. The molecular formula is C14H22N2O2. The van der Waals surface area contributed by atoms with Crippen molar-refractivity contribution in [2.75, 3.05) is 25.2 Å². The predicted octanol–water partition coefficient (Wildman–Crippen LogP) is 2.57. The lowest BCUT2D eigenvalue weighted by atomic mass is 10.1. The third-order valence-corrected chi connectivity index (χ3v) is 3.27. The molecule has 18 heavy (non-hydrogen) atoms. The zero-order valence-corrected chi connectivity index (χ0v) is 11.2. The molecule has 0 radical (unpaired) electrons. The van der Waals surface area contributed by atoms with Gasteiger partial charge in [0.25, 0.3) is 0 Å². The molecule has 0 fully saturated rings. The number of anilines is 1. The Labute approximate surface area is 108 Å². The minimum Gasteiger partial charge on any atom is -0.453 e. The molecule has 0 aliphatic carbocycles. The molecule has 2 rings (SSSR count). The van der Waals surface area contributed by atoms with E-state index in [9.17, 15) is 0 Å². The summed E-state index contributed by atoms with van der Waals surface area (Å²) >= 11 is 0. The molecule has 4 heteroatoms. The SMILES string of the molecule is Cc1cc(NCCCCCN)c(C)c2c1OCO2. The Morgan fingerprint density at radius 3 is 2.72 bits per heavy atom. The Bertz CT molecular complexity index is 419. The van der Waals surface area contributed by atoms with Crippen LogP contribution in [0.25, 0.3) is 0 Å². The number of ether oxygens (including phenoxy) is 2. The number of rotatable bonds is 6. The number of unbranched alkanes of at least 4 members (excludes halogenated alkanes) is 2. The van der Waals surface area contributed by atoms with Gasteiger partial charge in [0.1, 0.15) is 0 Å². The number of nitrogens with one attached hydrogen (secondary N) is 1. The summed E-state index contributed by atoms with van der Waals surface area (Å²) in [4.78, 5) is 0. The lowest BCUT2D eigenvalue weighted by Gasteiger charge is -2.13.